The van der Waals surface area contributed by atoms with Gasteiger partial charge in [-0.1, -0.05) is 65.1 Å². The Hall–Kier alpha value is 0.0649. The Morgan fingerprint density at radius 3 is 1.93 bits per heavy atom. The minimum absolute atomic E-state index is 0.599. The molecule has 0 amide bonds. The van der Waals surface area contributed by atoms with E-state index in [0.717, 1.165) is 5.92 Å². The summed E-state index contributed by atoms with van der Waals surface area (Å²) in [4.78, 5) is 0. The maximum atomic E-state index is 2.51. The summed E-state index contributed by atoms with van der Waals surface area (Å²) < 4.78 is 0. The van der Waals surface area contributed by atoms with Crippen molar-refractivity contribution in [3.63, 3.8) is 0 Å². The van der Waals surface area contributed by atoms with E-state index in [2.05, 4.69) is 35.5 Å². The minimum atomic E-state index is 0.599. The van der Waals surface area contributed by atoms with Crippen LogP contribution in [0.4, 0.5) is 0 Å². The predicted molar refractivity (Wildman–Crippen MR) is 72.2 cm³/mol. The standard InChI is InChI=1S/C14H29B/c1-12(2)13(3)8-5-6-10-14(4,15)11-7-9-13/h12H,5-11,15H2,1-4H3. The van der Waals surface area contributed by atoms with Crippen LogP contribution in [0.5, 0.6) is 0 Å². The molecule has 1 rings (SSSR count). The van der Waals surface area contributed by atoms with Crippen molar-refractivity contribution in [2.45, 2.75) is 78.0 Å². The zero-order valence-corrected chi connectivity index (χ0v) is 11.5. The second kappa shape index (κ2) is 4.93. The van der Waals surface area contributed by atoms with Crippen molar-refractivity contribution in [1.29, 1.82) is 0 Å². The van der Waals surface area contributed by atoms with Crippen molar-refractivity contribution in [1.82, 2.24) is 0 Å². The van der Waals surface area contributed by atoms with Crippen LogP contribution in [0.1, 0.15) is 72.6 Å². The third-order valence-electron chi connectivity index (χ3n) is 4.85. The predicted octanol–water partition coefficient (Wildman–Crippen LogP) is 4.20. The molecule has 2 atom stereocenters. The van der Waals surface area contributed by atoms with Crippen molar-refractivity contribution in [3.8, 4) is 0 Å². The minimum Gasteiger partial charge on any atom is -0.0669 e. The molecule has 0 aromatic heterocycles. The van der Waals surface area contributed by atoms with Crippen LogP contribution >= 0.6 is 0 Å². The summed E-state index contributed by atoms with van der Waals surface area (Å²) in [5.41, 5.74) is 0.612. The summed E-state index contributed by atoms with van der Waals surface area (Å²) in [6.45, 7) is 9.77. The molecule has 0 spiro atoms. The van der Waals surface area contributed by atoms with Gasteiger partial charge in [0.2, 0.25) is 0 Å². The molecule has 0 saturated heterocycles. The van der Waals surface area contributed by atoms with Crippen LogP contribution in [-0.4, -0.2) is 7.85 Å². The van der Waals surface area contributed by atoms with E-state index in [4.69, 9.17) is 0 Å². The van der Waals surface area contributed by atoms with Gasteiger partial charge in [0.05, 0.1) is 0 Å². The lowest BCUT2D eigenvalue weighted by atomic mass is 9.64. The van der Waals surface area contributed by atoms with Gasteiger partial charge in [0.15, 0.2) is 0 Å². The molecule has 0 aliphatic heterocycles. The van der Waals surface area contributed by atoms with Gasteiger partial charge in [0.25, 0.3) is 0 Å². The van der Waals surface area contributed by atoms with Crippen molar-refractivity contribution in [3.05, 3.63) is 0 Å². The quantitative estimate of drug-likeness (QED) is 0.566. The van der Waals surface area contributed by atoms with E-state index in [1.165, 1.54) is 44.9 Å². The molecule has 15 heavy (non-hydrogen) atoms. The monoisotopic (exact) mass is 208 g/mol. The third kappa shape index (κ3) is 3.85. The van der Waals surface area contributed by atoms with Gasteiger partial charge >= 0.3 is 0 Å². The second-order valence-electron chi connectivity index (χ2n) is 7.03. The normalized spacial score (nSPS) is 39.5. The largest absolute Gasteiger partial charge is 0.109 e. The van der Waals surface area contributed by atoms with Crippen LogP contribution in [0.25, 0.3) is 0 Å². The van der Waals surface area contributed by atoms with E-state index in [0.29, 0.717) is 10.7 Å². The van der Waals surface area contributed by atoms with Crippen molar-refractivity contribution >= 4 is 7.85 Å². The lowest BCUT2D eigenvalue weighted by Gasteiger charge is -2.34. The fourth-order valence-electron chi connectivity index (χ4n) is 2.93. The second-order valence-corrected chi connectivity index (χ2v) is 7.03. The van der Waals surface area contributed by atoms with Gasteiger partial charge in [-0.3, -0.25) is 0 Å². The first kappa shape index (κ1) is 13.1. The Labute approximate surface area is 97.6 Å². The summed E-state index contributed by atoms with van der Waals surface area (Å²) >= 11 is 0. The van der Waals surface area contributed by atoms with Gasteiger partial charge < -0.3 is 0 Å². The molecule has 0 nitrogen and oxygen atoms in total. The highest BCUT2D eigenvalue weighted by atomic mass is 14.3. The molecule has 0 radical (unpaired) electrons. The van der Waals surface area contributed by atoms with Crippen LogP contribution in [0.2, 0.25) is 5.31 Å². The van der Waals surface area contributed by atoms with Gasteiger partial charge in [-0.2, -0.15) is 0 Å². The van der Waals surface area contributed by atoms with Crippen LogP contribution in [-0.2, 0) is 0 Å². The number of rotatable bonds is 1. The fraction of sp³-hybridized carbons (Fsp3) is 1.00. The van der Waals surface area contributed by atoms with Crippen LogP contribution in [0.3, 0.4) is 0 Å². The number of hydrogen-bond donors (Lipinski definition) is 0. The molecule has 0 bridgehead atoms. The Morgan fingerprint density at radius 1 is 0.867 bits per heavy atom. The molecule has 1 saturated carbocycles. The molecule has 0 heterocycles. The first-order valence-electron chi connectivity index (χ1n) is 6.86. The molecule has 0 N–H and O–H groups in total. The molecule has 0 aromatic carbocycles. The Bertz CT molecular complexity index is 196. The summed E-state index contributed by atoms with van der Waals surface area (Å²) in [6.07, 6.45) is 10.1. The van der Waals surface area contributed by atoms with Gasteiger partial charge in [-0.25, -0.2) is 0 Å². The lowest BCUT2D eigenvalue weighted by molar-refractivity contribution is 0.173. The van der Waals surface area contributed by atoms with E-state index in [1.54, 1.807) is 0 Å². The van der Waals surface area contributed by atoms with E-state index in [9.17, 15) is 0 Å². The highest BCUT2D eigenvalue weighted by Gasteiger charge is 2.30. The van der Waals surface area contributed by atoms with Crippen LogP contribution in [0, 0.1) is 11.3 Å². The maximum Gasteiger partial charge on any atom is 0.109 e. The zero-order chi connectivity index (χ0) is 11.5. The summed E-state index contributed by atoms with van der Waals surface area (Å²) in [7, 11) is 2.45. The third-order valence-corrected chi connectivity index (χ3v) is 4.85. The molecule has 1 fully saturated rings. The molecule has 0 aromatic rings. The first-order valence-corrected chi connectivity index (χ1v) is 6.86. The van der Waals surface area contributed by atoms with Gasteiger partial charge in [0.1, 0.15) is 7.85 Å². The smallest absolute Gasteiger partial charge is 0.0669 e. The molecule has 2 unspecified atom stereocenters. The van der Waals surface area contributed by atoms with Crippen LogP contribution < -0.4 is 0 Å². The van der Waals surface area contributed by atoms with E-state index in [1.807, 2.05) is 0 Å². The van der Waals surface area contributed by atoms with E-state index >= 15 is 0 Å². The highest BCUT2D eigenvalue weighted by molar-refractivity contribution is 6.14. The highest BCUT2D eigenvalue weighted by Crippen LogP contribution is 2.44. The molecule has 1 aliphatic carbocycles. The first-order chi connectivity index (χ1) is 6.86. The molecule has 1 heteroatoms. The summed E-state index contributed by atoms with van der Waals surface area (Å²) in [5.74, 6) is 0.846. The summed E-state index contributed by atoms with van der Waals surface area (Å²) in [6, 6.07) is 0. The van der Waals surface area contributed by atoms with Crippen molar-refractivity contribution in [2.75, 3.05) is 0 Å². The van der Waals surface area contributed by atoms with E-state index in [-0.39, 0.29) is 0 Å². The molecular formula is C14H29B. The average Bonchev–Trinajstić information content (AvgIpc) is 2.17. The summed E-state index contributed by atoms with van der Waals surface area (Å²) in [5, 5.41) is 0.599. The Kier molecular flexibility index (Phi) is 4.32. The zero-order valence-electron chi connectivity index (χ0n) is 11.5. The van der Waals surface area contributed by atoms with E-state index < -0.39 is 0 Å². The van der Waals surface area contributed by atoms with Crippen molar-refractivity contribution < 1.29 is 0 Å². The maximum absolute atomic E-state index is 2.51. The van der Waals surface area contributed by atoms with Crippen molar-refractivity contribution in [2.24, 2.45) is 11.3 Å². The van der Waals surface area contributed by atoms with Gasteiger partial charge in [-0.15, -0.1) is 0 Å². The van der Waals surface area contributed by atoms with Gasteiger partial charge in [0, 0.05) is 0 Å². The SMILES string of the molecule is BC1(C)CCCCC(C)(C(C)C)CCC1. The fourth-order valence-corrected chi connectivity index (χ4v) is 2.93. The molecule has 1 aliphatic rings. The molecule has 88 valence electrons. The average molecular weight is 208 g/mol. The van der Waals surface area contributed by atoms with Crippen LogP contribution in [0.15, 0.2) is 0 Å². The van der Waals surface area contributed by atoms with Gasteiger partial charge in [-0.05, 0) is 24.2 Å². The lowest BCUT2D eigenvalue weighted by Crippen LogP contribution is -2.23. The number of hydrogen-bond acceptors (Lipinski definition) is 0. The molecular weight excluding hydrogens is 179 g/mol. The Morgan fingerprint density at radius 2 is 1.33 bits per heavy atom. The topological polar surface area (TPSA) is 0 Å². The Balaban J connectivity index is 2.60.